The summed E-state index contributed by atoms with van der Waals surface area (Å²) in [5.41, 5.74) is 0. The van der Waals surface area contributed by atoms with Crippen molar-refractivity contribution in [3.63, 3.8) is 0 Å². The second-order valence-electron chi connectivity index (χ2n) is 4.80. The molecule has 0 aromatic rings. The predicted octanol–water partition coefficient (Wildman–Crippen LogP) is -2.79. The van der Waals surface area contributed by atoms with Gasteiger partial charge in [-0.3, -0.25) is 0 Å². The molecule has 0 aliphatic heterocycles. The molecular weight excluding hydrogens is 360 g/mol. The van der Waals surface area contributed by atoms with E-state index in [-0.39, 0.29) is 21.7 Å². The molecule has 0 aliphatic rings. The van der Waals surface area contributed by atoms with Crippen LogP contribution in [0.15, 0.2) is 0 Å². The van der Waals surface area contributed by atoms with Gasteiger partial charge in [0.1, 0.15) is 0 Å². The van der Waals surface area contributed by atoms with Crippen LogP contribution in [0.2, 0.25) is 0 Å². The third-order valence-corrected chi connectivity index (χ3v) is 1.97. The van der Waals surface area contributed by atoms with Crippen LogP contribution >= 0.6 is 0 Å². The van der Waals surface area contributed by atoms with Gasteiger partial charge in [0.15, 0.2) is 0 Å². The molecule has 4 atom stereocenters. The molecule has 4 unspecified atom stereocenters. The smallest absolute Gasteiger partial charge is 0.841 e. The third-order valence-electron chi connectivity index (χ3n) is 1.97. The van der Waals surface area contributed by atoms with Gasteiger partial charge in [0.25, 0.3) is 0 Å². The first-order chi connectivity index (χ1) is 11.1. The maximum Gasteiger partial charge on any atom is 4.00 e. The van der Waals surface area contributed by atoms with E-state index in [4.69, 9.17) is 0 Å². The monoisotopic (exact) mass is 400 g/mol. The van der Waals surface area contributed by atoms with Gasteiger partial charge >= 0.3 is 21.7 Å². The molecule has 0 radical (unpaired) electrons. The van der Waals surface area contributed by atoms with E-state index in [1.54, 1.807) is 27.7 Å². The minimum atomic E-state index is -0.602. The SMILES string of the molecule is CCNC(C)[O-].CCNC(C)[O-].CCNC(C)[O-].CCNC(C)[O-].[Ti+4]. The van der Waals surface area contributed by atoms with Gasteiger partial charge in [-0.1, -0.05) is 80.3 Å². The van der Waals surface area contributed by atoms with E-state index in [1.165, 1.54) is 0 Å². The first-order valence-electron chi connectivity index (χ1n) is 8.65. The third kappa shape index (κ3) is 79.6. The van der Waals surface area contributed by atoms with Gasteiger partial charge in [0.2, 0.25) is 0 Å². The number of rotatable bonds is 8. The zero-order chi connectivity index (χ0) is 20.0. The summed E-state index contributed by atoms with van der Waals surface area (Å²) in [6.07, 6.45) is -2.41. The van der Waals surface area contributed by atoms with Gasteiger partial charge < -0.3 is 41.7 Å². The average molecular weight is 400 g/mol. The van der Waals surface area contributed by atoms with Crippen LogP contribution in [0.3, 0.4) is 0 Å². The van der Waals surface area contributed by atoms with E-state index in [0.29, 0.717) is 0 Å². The normalized spacial score (nSPS) is 13.9. The summed E-state index contributed by atoms with van der Waals surface area (Å²) >= 11 is 0. The summed E-state index contributed by atoms with van der Waals surface area (Å²) in [4.78, 5) is 0. The van der Waals surface area contributed by atoms with Gasteiger partial charge in [0, 0.05) is 0 Å². The first kappa shape index (κ1) is 36.3. The summed E-state index contributed by atoms with van der Waals surface area (Å²) < 4.78 is 0. The van der Waals surface area contributed by atoms with E-state index >= 15 is 0 Å². The Kier molecular flexibility index (Phi) is 46.6. The van der Waals surface area contributed by atoms with Crippen molar-refractivity contribution >= 4 is 0 Å². The fraction of sp³-hybridized carbons (Fsp3) is 1.00. The van der Waals surface area contributed by atoms with Crippen LogP contribution in [0.5, 0.6) is 0 Å². The fourth-order valence-electron chi connectivity index (χ4n) is 1.15. The fourth-order valence-corrected chi connectivity index (χ4v) is 1.15. The van der Waals surface area contributed by atoms with Crippen LogP contribution in [0, 0.1) is 0 Å². The molecule has 4 N–H and O–H groups in total. The molecule has 0 saturated heterocycles. The zero-order valence-electron chi connectivity index (χ0n) is 17.3. The second-order valence-corrected chi connectivity index (χ2v) is 4.80. The van der Waals surface area contributed by atoms with Crippen LogP contribution in [0.4, 0.5) is 0 Å². The Bertz CT molecular complexity index is 161. The summed E-state index contributed by atoms with van der Waals surface area (Å²) in [7, 11) is 0. The van der Waals surface area contributed by atoms with Crippen molar-refractivity contribution in [3.05, 3.63) is 0 Å². The summed E-state index contributed by atoms with van der Waals surface area (Å²) in [6.45, 7) is 17.1. The molecule has 152 valence electrons. The van der Waals surface area contributed by atoms with Gasteiger partial charge in [0.05, 0.1) is 0 Å². The maximum atomic E-state index is 10.0. The van der Waals surface area contributed by atoms with Gasteiger partial charge in [-0.15, -0.1) is 0 Å². The minimum Gasteiger partial charge on any atom is -0.841 e. The Morgan fingerprint density at radius 1 is 0.480 bits per heavy atom. The molecule has 0 heterocycles. The van der Waals surface area contributed by atoms with E-state index in [9.17, 15) is 20.4 Å². The molecule has 0 rings (SSSR count). The van der Waals surface area contributed by atoms with Gasteiger partial charge in [-0.05, 0) is 26.2 Å². The van der Waals surface area contributed by atoms with Crippen LogP contribution in [0.1, 0.15) is 55.4 Å². The van der Waals surface area contributed by atoms with Crippen molar-refractivity contribution in [2.24, 2.45) is 0 Å². The van der Waals surface area contributed by atoms with E-state index < -0.39 is 24.9 Å². The molecule has 0 amide bonds. The van der Waals surface area contributed by atoms with Crippen LogP contribution < -0.4 is 41.7 Å². The van der Waals surface area contributed by atoms with E-state index in [0.717, 1.165) is 26.2 Å². The molecule has 9 heteroatoms. The molecule has 0 aliphatic carbocycles. The molecule has 0 aromatic heterocycles. The van der Waals surface area contributed by atoms with E-state index in [1.807, 2.05) is 27.7 Å². The van der Waals surface area contributed by atoms with E-state index in [2.05, 4.69) is 21.3 Å². The number of hydrogen-bond donors (Lipinski definition) is 4. The standard InChI is InChI=1S/4C4H10NO.Ti/c4*1-3-5-4(2)6;/h4*4-5H,3H2,1-2H3;/q4*-1;+4. The molecule has 8 nitrogen and oxygen atoms in total. The number of nitrogens with one attached hydrogen (secondary N) is 4. The van der Waals surface area contributed by atoms with Crippen molar-refractivity contribution in [2.45, 2.75) is 80.3 Å². The largest absolute Gasteiger partial charge is 4.00 e. The molecule has 0 aromatic carbocycles. The molecule has 25 heavy (non-hydrogen) atoms. The minimum absolute atomic E-state index is 0. The van der Waals surface area contributed by atoms with Crippen LogP contribution in [-0.2, 0) is 21.7 Å². The zero-order valence-corrected chi connectivity index (χ0v) is 18.8. The quantitative estimate of drug-likeness (QED) is 0.253. The topological polar surface area (TPSA) is 140 Å². The van der Waals surface area contributed by atoms with Gasteiger partial charge in [-0.25, -0.2) is 0 Å². The Balaban J connectivity index is -0.0000000702. The van der Waals surface area contributed by atoms with Crippen LogP contribution in [-0.4, -0.2) is 51.1 Å². The van der Waals surface area contributed by atoms with Crippen molar-refractivity contribution in [2.75, 3.05) is 26.2 Å². The molecule has 0 fully saturated rings. The molecular formula is C16H40N4O4Ti. The Morgan fingerprint density at radius 2 is 0.600 bits per heavy atom. The van der Waals surface area contributed by atoms with Crippen molar-refractivity contribution in [1.29, 1.82) is 0 Å². The second kappa shape index (κ2) is 32.1. The Morgan fingerprint density at radius 3 is 0.600 bits per heavy atom. The summed E-state index contributed by atoms with van der Waals surface area (Å²) in [6, 6.07) is 0. The van der Waals surface area contributed by atoms with Gasteiger partial charge in [-0.2, -0.15) is 0 Å². The van der Waals surface area contributed by atoms with Crippen LogP contribution in [0.25, 0.3) is 0 Å². The molecule has 0 bridgehead atoms. The summed E-state index contributed by atoms with van der Waals surface area (Å²) in [5.74, 6) is 0. The average Bonchev–Trinajstić information content (AvgIpc) is 2.39. The molecule has 0 saturated carbocycles. The summed E-state index contributed by atoms with van der Waals surface area (Å²) in [5, 5.41) is 50.7. The maximum absolute atomic E-state index is 10.0. The molecule has 0 spiro atoms. The van der Waals surface area contributed by atoms with Crippen molar-refractivity contribution in [3.8, 4) is 0 Å². The Labute approximate surface area is 170 Å². The van der Waals surface area contributed by atoms with Crippen molar-refractivity contribution in [1.82, 2.24) is 21.3 Å². The van der Waals surface area contributed by atoms with Crippen molar-refractivity contribution < 1.29 is 42.1 Å². The Hall–Kier alpha value is 0.394. The predicted molar refractivity (Wildman–Crippen MR) is 92.6 cm³/mol. The number of hydrogen-bond acceptors (Lipinski definition) is 8. The first-order valence-corrected chi connectivity index (χ1v) is 8.65.